The predicted molar refractivity (Wildman–Crippen MR) is 119 cm³/mol. The van der Waals surface area contributed by atoms with Crippen molar-refractivity contribution in [1.82, 2.24) is 25.3 Å². The molecule has 0 aromatic rings. The molecule has 0 radical (unpaired) electrons. The van der Waals surface area contributed by atoms with Gasteiger partial charge in [0.05, 0.1) is 6.54 Å². The molecule has 0 unspecified atom stereocenters. The number of carbonyl (C=O) groups excluding carboxylic acids is 2. The van der Waals surface area contributed by atoms with Crippen LogP contribution in [0.25, 0.3) is 0 Å². The topological polar surface area (TPSA) is 89.5 Å². The fraction of sp³-hybridized carbons (Fsp3) is 0.857. The molecular weight excluding hydrogens is 384 g/mol. The first-order chi connectivity index (χ1) is 14.2. The molecule has 0 spiro atoms. The minimum atomic E-state index is -0.498. The Kier molecular flexibility index (Phi) is 9.20. The first kappa shape index (κ1) is 24.2. The number of ether oxygens (including phenoxy) is 1. The molecule has 9 nitrogen and oxygen atoms in total. The average Bonchev–Trinajstić information content (AvgIpc) is 3.47. The van der Waals surface area contributed by atoms with Crippen molar-refractivity contribution in [1.29, 1.82) is 0 Å². The minimum absolute atomic E-state index is 0.131. The third-order valence-electron chi connectivity index (χ3n) is 5.00. The highest BCUT2D eigenvalue weighted by molar-refractivity contribution is 5.80. The van der Waals surface area contributed by atoms with Crippen molar-refractivity contribution in [3.05, 3.63) is 0 Å². The van der Waals surface area contributed by atoms with Gasteiger partial charge in [-0.25, -0.2) is 4.79 Å². The summed E-state index contributed by atoms with van der Waals surface area (Å²) in [6.45, 7) is 13.3. The van der Waals surface area contributed by atoms with Crippen LogP contribution in [-0.2, 0) is 9.53 Å². The molecule has 2 rings (SSSR count). The fourth-order valence-corrected chi connectivity index (χ4v) is 3.35. The van der Waals surface area contributed by atoms with Gasteiger partial charge in [0.2, 0.25) is 5.91 Å². The Morgan fingerprint density at radius 1 is 1.13 bits per heavy atom. The van der Waals surface area contributed by atoms with Gasteiger partial charge in [0.25, 0.3) is 0 Å². The molecule has 1 aliphatic carbocycles. The highest BCUT2D eigenvalue weighted by atomic mass is 16.6. The molecule has 0 aromatic heterocycles. The molecule has 0 atom stereocenters. The number of aliphatic imine (C=N–C) groups is 1. The first-order valence-electron chi connectivity index (χ1n) is 11.2. The molecule has 1 heterocycles. The molecule has 0 aromatic carbocycles. The molecule has 172 valence electrons. The third kappa shape index (κ3) is 8.77. The smallest absolute Gasteiger partial charge is 0.410 e. The summed E-state index contributed by atoms with van der Waals surface area (Å²) in [4.78, 5) is 34.9. The van der Waals surface area contributed by atoms with E-state index < -0.39 is 5.60 Å². The SMILES string of the molecule is CCCN(CCNC(=NC)N1CCN(CC(=O)NC2CC2)CC1)C(=O)OC(C)(C)C. The van der Waals surface area contributed by atoms with Crippen LogP contribution in [0.2, 0.25) is 0 Å². The van der Waals surface area contributed by atoms with Crippen LogP contribution in [0.3, 0.4) is 0 Å². The number of piperazine rings is 1. The molecule has 2 fully saturated rings. The van der Waals surface area contributed by atoms with Gasteiger partial charge in [-0.15, -0.1) is 0 Å². The molecule has 9 heteroatoms. The van der Waals surface area contributed by atoms with Crippen LogP contribution >= 0.6 is 0 Å². The summed E-state index contributed by atoms with van der Waals surface area (Å²) in [6.07, 6.45) is 2.83. The number of hydrogen-bond donors (Lipinski definition) is 2. The van der Waals surface area contributed by atoms with E-state index in [1.54, 1.807) is 11.9 Å². The van der Waals surface area contributed by atoms with E-state index in [2.05, 4.69) is 25.4 Å². The largest absolute Gasteiger partial charge is 0.444 e. The quantitative estimate of drug-likeness (QED) is 0.448. The standard InChI is InChI=1S/C21H40N6O3/c1-6-10-27(20(29)30-21(2,3)4)11-9-23-19(22-5)26-14-12-25(13-15-26)16-18(28)24-17-7-8-17/h17H,6-16H2,1-5H3,(H,22,23)(H,24,28). The first-order valence-corrected chi connectivity index (χ1v) is 11.2. The lowest BCUT2D eigenvalue weighted by molar-refractivity contribution is -0.122. The maximum absolute atomic E-state index is 12.4. The molecule has 1 saturated heterocycles. The number of guanidine groups is 1. The minimum Gasteiger partial charge on any atom is -0.444 e. The lowest BCUT2D eigenvalue weighted by atomic mass is 10.2. The van der Waals surface area contributed by atoms with E-state index in [1.165, 1.54) is 0 Å². The zero-order chi connectivity index (χ0) is 22.1. The predicted octanol–water partition coefficient (Wildman–Crippen LogP) is 1.11. The molecule has 30 heavy (non-hydrogen) atoms. The second kappa shape index (κ2) is 11.4. The zero-order valence-corrected chi connectivity index (χ0v) is 19.4. The van der Waals surface area contributed by atoms with Crippen molar-refractivity contribution < 1.29 is 14.3 Å². The number of amides is 2. The van der Waals surface area contributed by atoms with Crippen LogP contribution < -0.4 is 10.6 Å². The number of carbonyl (C=O) groups is 2. The van der Waals surface area contributed by atoms with Crippen LogP contribution in [0.1, 0.15) is 47.0 Å². The van der Waals surface area contributed by atoms with Crippen molar-refractivity contribution >= 4 is 18.0 Å². The van der Waals surface area contributed by atoms with Crippen LogP contribution in [0, 0.1) is 0 Å². The Bertz CT molecular complexity index is 592. The van der Waals surface area contributed by atoms with Gasteiger partial charge < -0.3 is 25.2 Å². The van der Waals surface area contributed by atoms with E-state index in [4.69, 9.17) is 4.74 Å². The summed E-state index contributed by atoms with van der Waals surface area (Å²) < 4.78 is 5.50. The summed E-state index contributed by atoms with van der Waals surface area (Å²) in [5, 5.41) is 6.41. The van der Waals surface area contributed by atoms with Crippen molar-refractivity contribution in [3.63, 3.8) is 0 Å². The fourth-order valence-electron chi connectivity index (χ4n) is 3.35. The van der Waals surface area contributed by atoms with E-state index in [-0.39, 0.29) is 12.0 Å². The lowest BCUT2D eigenvalue weighted by Crippen LogP contribution is -2.54. The van der Waals surface area contributed by atoms with Crippen LogP contribution in [0.5, 0.6) is 0 Å². The molecule has 1 aliphatic heterocycles. The Morgan fingerprint density at radius 2 is 1.80 bits per heavy atom. The van der Waals surface area contributed by atoms with Crippen molar-refractivity contribution in [3.8, 4) is 0 Å². The van der Waals surface area contributed by atoms with Gasteiger partial charge in [-0.05, 0) is 40.0 Å². The van der Waals surface area contributed by atoms with Gasteiger partial charge in [-0.3, -0.25) is 14.7 Å². The number of nitrogens with one attached hydrogen (secondary N) is 2. The average molecular weight is 425 g/mol. The molecular formula is C21H40N6O3. The Morgan fingerprint density at radius 3 is 2.33 bits per heavy atom. The Hall–Kier alpha value is -2.03. The van der Waals surface area contributed by atoms with Crippen LogP contribution in [0.4, 0.5) is 4.79 Å². The summed E-state index contributed by atoms with van der Waals surface area (Å²) in [7, 11) is 1.77. The van der Waals surface area contributed by atoms with Crippen LogP contribution in [-0.4, -0.2) is 104 Å². The number of hydrogen-bond acceptors (Lipinski definition) is 5. The monoisotopic (exact) mass is 424 g/mol. The Balaban J connectivity index is 1.73. The maximum atomic E-state index is 12.4. The van der Waals surface area contributed by atoms with Gasteiger partial charge in [-0.1, -0.05) is 6.92 Å². The zero-order valence-electron chi connectivity index (χ0n) is 19.4. The molecule has 2 amide bonds. The molecule has 0 bridgehead atoms. The third-order valence-corrected chi connectivity index (χ3v) is 5.00. The highest BCUT2D eigenvalue weighted by Crippen LogP contribution is 2.18. The second-order valence-electron chi connectivity index (χ2n) is 9.05. The van der Waals surface area contributed by atoms with E-state index >= 15 is 0 Å². The van der Waals surface area contributed by atoms with Crippen molar-refractivity contribution in [2.24, 2.45) is 4.99 Å². The van der Waals surface area contributed by atoms with Crippen molar-refractivity contribution in [2.45, 2.75) is 58.6 Å². The summed E-state index contributed by atoms with van der Waals surface area (Å²) in [5.41, 5.74) is -0.498. The maximum Gasteiger partial charge on any atom is 0.410 e. The van der Waals surface area contributed by atoms with Crippen molar-refractivity contribution in [2.75, 3.05) is 59.4 Å². The second-order valence-corrected chi connectivity index (χ2v) is 9.05. The highest BCUT2D eigenvalue weighted by Gasteiger charge is 2.26. The van der Waals surface area contributed by atoms with Crippen LogP contribution in [0.15, 0.2) is 4.99 Å². The molecule has 2 aliphatic rings. The van der Waals surface area contributed by atoms with Gasteiger partial charge in [0.15, 0.2) is 5.96 Å². The van der Waals surface area contributed by atoms with Gasteiger partial charge >= 0.3 is 6.09 Å². The van der Waals surface area contributed by atoms with Gasteiger partial charge in [0, 0.05) is 58.9 Å². The van der Waals surface area contributed by atoms with Gasteiger partial charge in [-0.2, -0.15) is 0 Å². The lowest BCUT2D eigenvalue weighted by Gasteiger charge is -2.36. The number of rotatable bonds is 8. The summed E-state index contributed by atoms with van der Waals surface area (Å²) >= 11 is 0. The number of nitrogens with zero attached hydrogens (tertiary/aromatic N) is 4. The van der Waals surface area contributed by atoms with Gasteiger partial charge in [0.1, 0.15) is 5.60 Å². The van der Waals surface area contributed by atoms with E-state index in [1.807, 2.05) is 27.7 Å². The summed E-state index contributed by atoms with van der Waals surface area (Å²) in [6, 6.07) is 0.412. The van der Waals surface area contributed by atoms with E-state index in [9.17, 15) is 9.59 Å². The Labute approximate surface area is 181 Å². The summed E-state index contributed by atoms with van der Waals surface area (Å²) in [5.74, 6) is 0.962. The normalized spacial score (nSPS) is 18.2. The van der Waals surface area contributed by atoms with E-state index in [0.717, 1.165) is 51.4 Å². The van der Waals surface area contributed by atoms with E-state index in [0.29, 0.717) is 32.2 Å². The molecule has 1 saturated carbocycles. The molecule has 2 N–H and O–H groups in total.